The van der Waals surface area contributed by atoms with Crippen LogP contribution in [0.1, 0.15) is 31.4 Å². The molecule has 4 rings (SSSR count). The van der Waals surface area contributed by atoms with Gasteiger partial charge < -0.3 is 15.8 Å². The van der Waals surface area contributed by atoms with Gasteiger partial charge >= 0.3 is 0 Å². The van der Waals surface area contributed by atoms with E-state index in [1.54, 1.807) is 0 Å². The monoisotopic (exact) mass is 397 g/mol. The zero-order chi connectivity index (χ0) is 20.1. The maximum Gasteiger partial charge on any atom is 0.224 e. The lowest BCUT2D eigenvalue weighted by Crippen LogP contribution is -2.47. The zero-order valence-electron chi connectivity index (χ0n) is 16.8. The number of rotatable bonds is 5. The maximum absolute atomic E-state index is 12.9. The summed E-state index contributed by atoms with van der Waals surface area (Å²) < 4.78 is 5.50. The Labute approximate surface area is 172 Å². The summed E-state index contributed by atoms with van der Waals surface area (Å²) >= 11 is 0. The van der Waals surface area contributed by atoms with Crippen LogP contribution in [0, 0.1) is 5.92 Å². The number of benzene rings is 1. The van der Waals surface area contributed by atoms with Gasteiger partial charge in [0.05, 0.1) is 23.9 Å². The molecule has 2 atom stereocenters. The molecule has 0 radical (unpaired) electrons. The van der Waals surface area contributed by atoms with Crippen LogP contribution in [-0.4, -0.2) is 59.4 Å². The van der Waals surface area contributed by atoms with E-state index in [1.165, 1.54) is 0 Å². The van der Waals surface area contributed by atoms with E-state index in [9.17, 15) is 4.79 Å². The fourth-order valence-electron chi connectivity index (χ4n) is 4.35. The van der Waals surface area contributed by atoms with Gasteiger partial charge in [0, 0.05) is 44.0 Å². The number of hydrogen-bond donors (Lipinski definition) is 3. The van der Waals surface area contributed by atoms with Gasteiger partial charge in [-0.1, -0.05) is 30.3 Å². The molecular weight excluding hydrogens is 366 g/mol. The van der Waals surface area contributed by atoms with Crippen molar-refractivity contribution in [3.05, 3.63) is 42.1 Å². The van der Waals surface area contributed by atoms with Gasteiger partial charge in [-0.2, -0.15) is 5.10 Å². The molecule has 0 spiro atoms. The molecule has 7 nitrogen and oxygen atoms in total. The highest BCUT2D eigenvalue weighted by molar-refractivity contribution is 5.79. The Kier molecular flexibility index (Phi) is 6.59. The summed E-state index contributed by atoms with van der Waals surface area (Å²) in [5, 5.41) is 10.5. The summed E-state index contributed by atoms with van der Waals surface area (Å²) in [4.78, 5) is 15.3. The molecule has 2 aliphatic rings. The Morgan fingerprint density at radius 1 is 1.17 bits per heavy atom. The minimum Gasteiger partial charge on any atom is -0.381 e. The van der Waals surface area contributed by atoms with Crippen molar-refractivity contribution in [2.75, 3.05) is 26.3 Å². The Balaban J connectivity index is 1.34. The number of nitrogens with two attached hydrogens (primary N) is 1. The van der Waals surface area contributed by atoms with Crippen molar-refractivity contribution in [2.24, 2.45) is 11.7 Å². The molecule has 2 fully saturated rings. The third-order valence-corrected chi connectivity index (χ3v) is 6.04. The number of nitrogens with zero attached hydrogens (tertiary/aromatic N) is 2. The minimum atomic E-state index is -0.0251. The second-order valence-electron chi connectivity index (χ2n) is 8.19. The number of carbonyl (C=O) groups is 1. The summed E-state index contributed by atoms with van der Waals surface area (Å²) in [7, 11) is 0. The van der Waals surface area contributed by atoms with Crippen molar-refractivity contribution in [3.8, 4) is 11.3 Å². The predicted molar refractivity (Wildman–Crippen MR) is 112 cm³/mol. The SMILES string of the molecule is N[C@H]1CC[C@@H](C(=O)NCc2cc(-c3ccccc3)n[nH]2)CN(C2CCOCC2)C1. The van der Waals surface area contributed by atoms with Crippen LogP contribution in [-0.2, 0) is 16.1 Å². The fraction of sp³-hybridized carbons (Fsp3) is 0.545. The van der Waals surface area contributed by atoms with Crippen molar-refractivity contribution < 1.29 is 9.53 Å². The van der Waals surface area contributed by atoms with Gasteiger partial charge in [0.1, 0.15) is 0 Å². The first kappa shape index (κ1) is 20.1. The molecule has 156 valence electrons. The van der Waals surface area contributed by atoms with Crippen LogP contribution in [0.5, 0.6) is 0 Å². The summed E-state index contributed by atoms with van der Waals surface area (Å²) in [6.07, 6.45) is 3.78. The topological polar surface area (TPSA) is 96.3 Å². The van der Waals surface area contributed by atoms with E-state index in [2.05, 4.69) is 20.4 Å². The molecule has 1 aromatic carbocycles. The summed E-state index contributed by atoms with van der Waals surface area (Å²) in [5.41, 5.74) is 9.16. The Hall–Kier alpha value is -2.22. The van der Waals surface area contributed by atoms with Crippen molar-refractivity contribution in [3.63, 3.8) is 0 Å². The van der Waals surface area contributed by atoms with Crippen LogP contribution in [0.25, 0.3) is 11.3 Å². The number of H-pyrrole nitrogens is 1. The van der Waals surface area contributed by atoms with E-state index in [0.717, 1.165) is 68.9 Å². The van der Waals surface area contributed by atoms with Crippen LogP contribution in [0.2, 0.25) is 0 Å². The number of ether oxygens (including phenoxy) is 1. The molecule has 0 aliphatic carbocycles. The van der Waals surface area contributed by atoms with Gasteiger partial charge in [0.15, 0.2) is 0 Å². The van der Waals surface area contributed by atoms with Crippen molar-refractivity contribution in [1.29, 1.82) is 0 Å². The van der Waals surface area contributed by atoms with Crippen molar-refractivity contribution >= 4 is 5.91 Å². The normalized spacial score (nSPS) is 24.2. The molecule has 4 N–H and O–H groups in total. The molecule has 2 aliphatic heterocycles. The third-order valence-electron chi connectivity index (χ3n) is 6.04. The Bertz CT molecular complexity index is 788. The molecule has 2 saturated heterocycles. The van der Waals surface area contributed by atoms with Crippen molar-refractivity contribution in [2.45, 2.75) is 44.3 Å². The second kappa shape index (κ2) is 9.52. The van der Waals surface area contributed by atoms with Crippen LogP contribution in [0.4, 0.5) is 0 Å². The molecule has 0 bridgehead atoms. The highest BCUT2D eigenvalue weighted by atomic mass is 16.5. The highest BCUT2D eigenvalue weighted by Crippen LogP contribution is 2.23. The van der Waals surface area contributed by atoms with Gasteiger partial charge in [-0.3, -0.25) is 14.8 Å². The van der Waals surface area contributed by atoms with E-state index in [0.29, 0.717) is 12.6 Å². The van der Waals surface area contributed by atoms with Gasteiger partial charge in [-0.05, 0) is 31.7 Å². The molecule has 0 saturated carbocycles. The van der Waals surface area contributed by atoms with Gasteiger partial charge in [0.25, 0.3) is 0 Å². The van der Waals surface area contributed by atoms with E-state index in [4.69, 9.17) is 10.5 Å². The molecule has 3 heterocycles. The number of hydrogen-bond acceptors (Lipinski definition) is 5. The standard InChI is InChI=1S/C22H31N5O2/c23-18-7-6-17(14-27(15-18)20-8-10-29-11-9-20)22(28)24-13-19-12-21(26-25-19)16-4-2-1-3-5-16/h1-5,12,17-18,20H,6-11,13-15,23H2,(H,24,28)(H,25,26)/t17-,18+/m1/s1. The smallest absolute Gasteiger partial charge is 0.224 e. The fourth-order valence-corrected chi connectivity index (χ4v) is 4.35. The van der Waals surface area contributed by atoms with Crippen LogP contribution < -0.4 is 11.1 Å². The lowest BCUT2D eigenvalue weighted by molar-refractivity contribution is -0.126. The molecule has 2 aromatic rings. The van der Waals surface area contributed by atoms with E-state index < -0.39 is 0 Å². The van der Waals surface area contributed by atoms with Gasteiger partial charge in [-0.25, -0.2) is 0 Å². The van der Waals surface area contributed by atoms with Gasteiger partial charge in [0.2, 0.25) is 5.91 Å². The Morgan fingerprint density at radius 2 is 1.97 bits per heavy atom. The maximum atomic E-state index is 12.9. The zero-order valence-corrected chi connectivity index (χ0v) is 16.8. The van der Waals surface area contributed by atoms with Crippen LogP contribution in [0.15, 0.2) is 36.4 Å². The summed E-state index contributed by atoms with van der Waals surface area (Å²) in [6, 6.07) is 12.6. The van der Waals surface area contributed by atoms with Crippen LogP contribution >= 0.6 is 0 Å². The second-order valence-corrected chi connectivity index (χ2v) is 8.19. The number of amides is 1. The third kappa shape index (κ3) is 5.23. The first-order chi connectivity index (χ1) is 14.2. The number of carbonyl (C=O) groups excluding carboxylic acids is 1. The van der Waals surface area contributed by atoms with Crippen molar-refractivity contribution in [1.82, 2.24) is 20.4 Å². The van der Waals surface area contributed by atoms with E-state index in [1.807, 2.05) is 36.4 Å². The van der Waals surface area contributed by atoms with Gasteiger partial charge in [-0.15, -0.1) is 0 Å². The average Bonchev–Trinajstić information content (AvgIpc) is 3.15. The first-order valence-corrected chi connectivity index (χ1v) is 10.6. The number of nitrogens with one attached hydrogen (secondary N) is 2. The Morgan fingerprint density at radius 3 is 2.76 bits per heavy atom. The minimum absolute atomic E-state index is 0.0251. The van der Waals surface area contributed by atoms with E-state index >= 15 is 0 Å². The summed E-state index contributed by atoms with van der Waals surface area (Å²) in [6.45, 7) is 3.71. The number of likely N-dealkylation sites (tertiary alicyclic amines) is 1. The van der Waals surface area contributed by atoms with Crippen LogP contribution in [0.3, 0.4) is 0 Å². The molecule has 1 aromatic heterocycles. The molecule has 7 heteroatoms. The predicted octanol–water partition coefficient (Wildman–Crippen LogP) is 1.91. The lowest BCUT2D eigenvalue weighted by Gasteiger charge is -2.35. The lowest BCUT2D eigenvalue weighted by atomic mass is 10.0. The first-order valence-electron chi connectivity index (χ1n) is 10.6. The largest absolute Gasteiger partial charge is 0.381 e. The highest BCUT2D eigenvalue weighted by Gasteiger charge is 2.31. The summed E-state index contributed by atoms with van der Waals surface area (Å²) in [5.74, 6) is 0.0786. The molecular formula is C22H31N5O2. The molecule has 29 heavy (non-hydrogen) atoms. The molecule has 1 amide bonds. The molecule has 0 unspecified atom stereocenters. The van der Waals surface area contributed by atoms with E-state index in [-0.39, 0.29) is 17.9 Å². The quantitative estimate of drug-likeness (QED) is 0.716. The number of aromatic amines is 1. The average molecular weight is 398 g/mol. The number of aromatic nitrogens is 2.